The number of benzene rings is 1. The van der Waals surface area contributed by atoms with Gasteiger partial charge in [0.05, 0.1) is 17.9 Å². The highest BCUT2D eigenvalue weighted by molar-refractivity contribution is 5.99. The molecule has 0 bridgehead atoms. The van der Waals surface area contributed by atoms with Crippen LogP contribution in [0.25, 0.3) is 11.1 Å². The predicted molar refractivity (Wildman–Crippen MR) is 107 cm³/mol. The third-order valence-corrected chi connectivity index (χ3v) is 5.72. The van der Waals surface area contributed by atoms with Crippen molar-refractivity contribution in [1.82, 2.24) is 24.6 Å². The maximum absolute atomic E-state index is 13.0. The minimum absolute atomic E-state index is 0.0536. The summed E-state index contributed by atoms with van der Waals surface area (Å²) in [5, 5.41) is 4.40. The first-order chi connectivity index (χ1) is 14.1. The van der Waals surface area contributed by atoms with E-state index in [1.165, 1.54) is 12.7 Å². The zero-order chi connectivity index (χ0) is 20.0. The van der Waals surface area contributed by atoms with Gasteiger partial charge in [0, 0.05) is 25.4 Å². The molecular weight excluding hydrogens is 366 g/mol. The van der Waals surface area contributed by atoms with Gasteiger partial charge in [-0.1, -0.05) is 24.3 Å². The third kappa shape index (κ3) is 3.26. The molecule has 3 heterocycles. The molecule has 2 aromatic heterocycles. The molecule has 2 aliphatic rings. The average Bonchev–Trinajstić information content (AvgIpc) is 3.18. The van der Waals surface area contributed by atoms with E-state index in [2.05, 4.69) is 39.3 Å². The summed E-state index contributed by atoms with van der Waals surface area (Å²) in [5.74, 6) is 0.386. The van der Waals surface area contributed by atoms with Crippen LogP contribution in [0.2, 0.25) is 0 Å². The average molecular weight is 389 g/mol. The Bertz CT molecular complexity index is 1070. The monoisotopic (exact) mass is 389 g/mol. The van der Waals surface area contributed by atoms with Gasteiger partial charge in [-0.2, -0.15) is 5.10 Å². The largest absolute Gasteiger partial charge is 0.474 e. The van der Waals surface area contributed by atoms with E-state index >= 15 is 0 Å². The first kappa shape index (κ1) is 17.8. The number of nitrogens with zero attached hydrogens (tertiary/aromatic N) is 5. The molecule has 1 saturated carbocycles. The first-order valence-electron chi connectivity index (χ1n) is 9.98. The van der Waals surface area contributed by atoms with E-state index in [9.17, 15) is 4.79 Å². The number of carbonyl (C=O) groups is 1. The van der Waals surface area contributed by atoms with Crippen LogP contribution in [0.5, 0.6) is 5.88 Å². The molecule has 29 heavy (non-hydrogen) atoms. The van der Waals surface area contributed by atoms with E-state index < -0.39 is 0 Å². The molecule has 0 N–H and O–H groups in total. The van der Waals surface area contributed by atoms with E-state index in [4.69, 9.17) is 4.74 Å². The van der Waals surface area contributed by atoms with Crippen LogP contribution in [0.1, 0.15) is 46.6 Å². The standard InChI is InChI=1S/C22H23N5O2/c1-14-18(11-26(2)25-14)16-8-6-15(7-9-16)10-27-12-19-20(22(27)28)21(24-13-23-19)29-17-4-3-5-17/h6-9,11,13,17H,3-5,10,12H2,1-2H3. The highest BCUT2D eigenvalue weighted by Gasteiger charge is 2.34. The topological polar surface area (TPSA) is 73.1 Å². The molecule has 0 radical (unpaired) electrons. The molecule has 1 fully saturated rings. The second-order valence-corrected chi connectivity index (χ2v) is 7.83. The Hall–Kier alpha value is -3.22. The van der Waals surface area contributed by atoms with Gasteiger partial charge in [-0.05, 0) is 37.3 Å². The highest BCUT2D eigenvalue weighted by Crippen LogP contribution is 2.32. The van der Waals surface area contributed by atoms with Gasteiger partial charge in [0.15, 0.2) is 0 Å². The second kappa shape index (κ2) is 6.99. The number of aryl methyl sites for hydroxylation is 2. The van der Waals surface area contributed by atoms with Crippen molar-refractivity contribution in [3.8, 4) is 17.0 Å². The summed E-state index contributed by atoms with van der Waals surface area (Å²) in [6, 6.07) is 8.29. The molecule has 7 nitrogen and oxygen atoms in total. The van der Waals surface area contributed by atoms with Gasteiger partial charge in [0.1, 0.15) is 18.0 Å². The van der Waals surface area contributed by atoms with Crippen LogP contribution in [0.3, 0.4) is 0 Å². The van der Waals surface area contributed by atoms with Crippen LogP contribution in [0, 0.1) is 6.92 Å². The fourth-order valence-corrected chi connectivity index (χ4v) is 3.91. The lowest BCUT2D eigenvalue weighted by Crippen LogP contribution is -2.27. The molecule has 5 rings (SSSR count). The van der Waals surface area contributed by atoms with Crippen LogP contribution in [0.4, 0.5) is 0 Å². The van der Waals surface area contributed by atoms with E-state index in [1.807, 2.05) is 24.9 Å². The lowest BCUT2D eigenvalue weighted by Gasteiger charge is -2.26. The number of amides is 1. The van der Waals surface area contributed by atoms with Crippen LogP contribution in [-0.4, -0.2) is 36.7 Å². The van der Waals surface area contributed by atoms with Crippen LogP contribution in [-0.2, 0) is 20.1 Å². The Balaban J connectivity index is 1.33. The Morgan fingerprint density at radius 2 is 1.97 bits per heavy atom. The number of hydrogen-bond donors (Lipinski definition) is 0. The van der Waals surface area contributed by atoms with Crippen LogP contribution in [0.15, 0.2) is 36.8 Å². The fourth-order valence-electron chi connectivity index (χ4n) is 3.91. The van der Waals surface area contributed by atoms with Gasteiger partial charge in [0.25, 0.3) is 5.91 Å². The molecule has 3 aromatic rings. The number of aromatic nitrogens is 4. The minimum Gasteiger partial charge on any atom is -0.474 e. The Labute approximate surface area is 169 Å². The summed E-state index contributed by atoms with van der Waals surface area (Å²) in [6.45, 7) is 3.03. The molecule has 148 valence electrons. The zero-order valence-electron chi connectivity index (χ0n) is 16.6. The Morgan fingerprint density at radius 1 is 1.17 bits per heavy atom. The summed E-state index contributed by atoms with van der Waals surface area (Å²) < 4.78 is 7.76. The fraction of sp³-hybridized carbons (Fsp3) is 0.364. The van der Waals surface area contributed by atoms with Crippen molar-refractivity contribution in [2.75, 3.05) is 0 Å². The van der Waals surface area contributed by atoms with E-state index in [-0.39, 0.29) is 12.0 Å². The number of ether oxygens (including phenoxy) is 1. The molecule has 7 heteroatoms. The SMILES string of the molecule is Cc1nn(C)cc1-c1ccc(CN2Cc3ncnc(OC4CCC4)c3C2=O)cc1. The van der Waals surface area contributed by atoms with Gasteiger partial charge < -0.3 is 9.64 Å². The third-order valence-electron chi connectivity index (χ3n) is 5.72. The molecule has 0 unspecified atom stereocenters. The Morgan fingerprint density at radius 3 is 2.62 bits per heavy atom. The minimum atomic E-state index is -0.0536. The van der Waals surface area contributed by atoms with Crippen LogP contribution < -0.4 is 4.74 Å². The highest BCUT2D eigenvalue weighted by atomic mass is 16.5. The van der Waals surface area contributed by atoms with Crippen molar-refractivity contribution in [1.29, 1.82) is 0 Å². The maximum atomic E-state index is 13.0. The summed E-state index contributed by atoms with van der Waals surface area (Å²) >= 11 is 0. The molecule has 0 spiro atoms. The summed E-state index contributed by atoms with van der Waals surface area (Å²) in [4.78, 5) is 23.4. The van der Waals surface area contributed by atoms with Crippen LogP contribution >= 0.6 is 0 Å². The second-order valence-electron chi connectivity index (χ2n) is 7.83. The number of carbonyl (C=O) groups excluding carboxylic acids is 1. The number of rotatable bonds is 5. The number of hydrogen-bond acceptors (Lipinski definition) is 5. The Kier molecular flexibility index (Phi) is 4.30. The first-order valence-corrected chi connectivity index (χ1v) is 9.98. The van der Waals surface area contributed by atoms with Crippen molar-refractivity contribution in [3.05, 3.63) is 59.3 Å². The van der Waals surface area contributed by atoms with E-state index in [0.717, 1.165) is 40.9 Å². The molecule has 1 amide bonds. The van der Waals surface area contributed by atoms with Gasteiger partial charge in [-0.25, -0.2) is 9.97 Å². The normalized spacial score (nSPS) is 16.1. The molecule has 1 aliphatic heterocycles. The summed E-state index contributed by atoms with van der Waals surface area (Å²) in [6.07, 6.45) is 6.92. The van der Waals surface area contributed by atoms with Crippen molar-refractivity contribution >= 4 is 5.91 Å². The molecule has 0 atom stereocenters. The predicted octanol–water partition coefficient (Wildman–Crippen LogP) is 3.27. The van der Waals surface area contributed by atoms with Crippen molar-refractivity contribution < 1.29 is 9.53 Å². The van der Waals surface area contributed by atoms with Gasteiger partial charge in [-0.3, -0.25) is 9.48 Å². The molecule has 1 aliphatic carbocycles. The smallest absolute Gasteiger partial charge is 0.261 e. The van der Waals surface area contributed by atoms with Crippen molar-refractivity contribution in [2.24, 2.45) is 7.05 Å². The van der Waals surface area contributed by atoms with Gasteiger partial charge in [-0.15, -0.1) is 0 Å². The molecule has 0 saturated heterocycles. The maximum Gasteiger partial charge on any atom is 0.261 e. The summed E-state index contributed by atoms with van der Waals surface area (Å²) in [5.41, 5.74) is 5.60. The van der Waals surface area contributed by atoms with Crippen molar-refractivity contribution in [2.45, 2.75) is 45.4 Å². The summed E-state index contributed by atoms with van der Waals surface area (Å²) in [7, 11) is 1.92. The molecular formula is C22H23N5O2. The van der Waals surface area contributed by atoms with Gasteiger partial charge >= 0.3 is 0 Å². The lowest BCUT2D eigenvalue weighted by atomic mass is 9.96. The van der Waals surface area contributed by atoms with E-state index in [1.54, 1.807) is 4.90 Å². The quantitative estimate of drug-likeness (QED) is 0.670. The van der Waals surface area contributed by atoms with Crippen molar-refractivity contribution in [3.63, 3.8) is 0 Å². The lowest BCUT2D eigenvalue weighted by molar-refractivity contribution is 0.0750. The molecule has 1 aromatic carbocycles. The number of fused-ring (bicyclic) bond motifs is 1. The van der Waals surface area contributed by atoms with Gasteiger partial charge in [0.2, 0.25) is 5.88 Å². The zero-order valence-corrected chi connectivity index (χ0v) is 16.6. The van der Waals surface area contributed by atoms with E-state index in [0.29, 0.717) is 24.5 Å².